The highest BCUT2D eigenvalue weighted by Gasteiger charge is 2.24. The number of pyridine rings is 1. The summed E-state index contributed by atoms with van der Waals surface area (Å²) in [7, 11) is 0. The molecular weight excluding hydrogens is 408 g/mol. The Morgan fingerprint density at radius 2 is 1.97 bits per heavy atom. The van der Waals surface area contributed by atoms with Crippen LogP contribution in [-0.2, 0) is 11.3 Å². The highest BCUT2D eigenvalue weighted by atomic mass is 16.2. The number of nitrogens with one attached hydrogen (secondary N) is 2. The van der Waals surface area contributed by atoms with Gasteiger partial charge >= 0.3 is 6.03 Å². The summed E-state index contributed by atoms with van der Waals surface area (Å²) >= 11 is 0. The van der Waals surface area contributed by atoms with Gasteiger partial charge in [0.05, 0.1) is 17.1 Å². The average molecular weight is 443 g/mol. The van der Waals surface area contributed by atoms with E-state index in [9.17, 15) is 9.59 Å². The van der Waals surface area contributed by atoms with Crippen LogP contribution in [0.2, 0.25) is 0 Å². The number of rotatable bonds is 6. The van der Waals surface area contributed by atoms with Gasteiger partial charge < -0.3 is 10.2 Å². The molecule has 2 aromatic rings. The number of aryl methyl sites for hydroxylation is 1. The van der Waals surface area contributed by atoms with Gasteiger partial charge in [-0.25, -0.2) is 19.7 Å². The van der Waals surface area contributed by atoms with Gasteiger partial charge in [-0.15, -0.1) is 0 Å². The Balaban J connectivity index is 0.00000204. The number of urea groups is 1. The third-order valence-electron chi connectivity index (χ3n) is 5.79. The standard InChI is InChI=1S/C22H30N8O2.2H2/c1-3-23-22(32)27-19-13-17(24-15-25-19)14-28-9-11-29(12-10-28)18-6-7-20(26-16(18)2)30-8-4-5-21(30)31;;/h6-7,13,15H,3-5,8-12,14H2,1-2H3,(H2,23,24,25,27,32);2*1H. The first-order chi connectivity index (χ1) is 15.5. The Kier molecular flexibility index (Phi) is 6.79. The number of hydrogen-bond acceptors (Lipinski definition) is 7. The van der Waals surface area contributed by atoms with Gasteiger partial charge in [0.25, 0.3) is 0 Å². The second-order valence-electron chi connectivity index (χ2n) is 8.07. The minimum Gasteiger partial charge on any atom is -0.368 e. The largest absolute Gasteiger partial charge is 0.368 e. The molecular formula is C22H34N8O2. The van der Waals surface area contributed by atoms with Gasteiger partial charge in [0, 0.05) is 61.2 Å². The average Bonchev–Trinajstić information content (AvgIpc) is 3.21. The van der Waals surface area contributed by atoms with Gasteiger partial charge in [0.1, 0.15) is 18.0 Å². The summed E-state index contributed by atoms with van der Waals surface area (Å²) in [4.78, 5) is 43.3. The molecule has 10 heteroatoms. The predicted molar refractivity (Wildman–Crippen MR) is 127 cm³/mol. The number of anilines is 3. The normalized spacial score (nSPS) is 17.0. The van der Waals surface area contributed by atoms with E-state index in [-0.39, 0.29) is 14.8 Å². The molecule has 2 fully saturated rings. The molecule has 4 heterocycles. The lowest BCUT2D eigenvalue weighted by Crippen LogP contribution is -2.46. The smallest absolute Gasteiger partial charge is 0.320 e. The van der Waals surface area contributed by atoms with Crippen LogP contribution in [0.4, 0.5) is 22.1 Å². The SMILES string of the molecule is CCNC(=O)Nc1cc(CN2CCN(c3ccc(N4CCCC4=O)nc3C)CC2)ncn1.[HH].[HH]. The van der Waals surface area contributed by atoms with Crippen LogP contribution >= 0.6 is 0 Å². The minimum absolute atomic E-state index is 0. The molecule has 0 saturated carbocycles. The topological polar surface area (TPSA) is 107 Å². The number of carbonyl (C=O) groups is 2. The number of nitrogens with zero attached hydrogens (tertiary/aromatic N) is 6. The minimum atomic E-state index is -0.269. The van der Waals surface area contributed by atoms with Gasteiger partial charge in [-0.05, 0) is 32.4 Å². The maximum absolute atomic E-state index is 12.0. The van der Waals surface area contributed by atoms with Crippen molar-refractivity contribution in [2.75, 3.05) is 54.4 Å². The van der Waals surface area contributed by atoms with Gasteiger partial charge in [0.15, 0.2) is 0 Å². The van der Waals surface area contributed by atoms with Crippen LogP contribution in [0.25, 0.3) is 0 Å². The van der Waals surface area contributed by atoms with E-state index < -0.39 is 0 Å². The van der Waals surface area contributed by atoms with Crippen molar-refractivity contribution in [2.45, 2.75) is 33.2 Å². The maximum Gasteiger partial charge on any atom is 0.320 e. The second kappa shape index (κ2) is 9.90. The fourth-order valence-corrected chi connectivity index (χ4v) is 4.16. The molecule has 2 aromatic heterocycles. The van der Waals surface area contributed by atoms with Crippen molar-refractivity contribution in [2.24, 2.45) is 0 Å². The third kappa shape index (κ3) is 5.13. The summed E-state index contributed by atoms with van der Waals surface area (Å²) in [6, 6.07) is 5.59. The van der Waals surface area contributed by atoms with E-state index in [1.54, 1.807) is 4.90 Å². The van der Waals surface area contributed by atoms with E-state index in [4.69, 9.17) is 4.98 Å². The summed E-state index contributed by atoms with van der Waals surface area (Å²) in [6.07, 6.45) is 2.99. The Labute approximate surface area is 191 Å². The molecule has 2 aliphatic heterocycles. The lowest BCUT2D eigenvalue weighted by atomic mass is 10.2. The van der Waals surface area contributed by atoms with Crippen LogP contribution < -0.4 is 20.4 Å². The second-order valence-corrected chi connectivity index (χ2v) is 8.07. The Hall–Kier alpha value is -3.27. The number of amides is 3. The summed E-state index contributed by atoms with van der Waals surface area (Å²) < 4.78 is 0. The summed E-state index contributed by atoms with van der Waals surface area (Å²) in [5, 5.41) is 5.41. The molecule has 174 valence electrons. The van der Waals surface area contributed by atoms with E-state index in [1.807, 2.05) is 26.0 Å². The molecule has 0 atom stereocenters. The Morgan fingerprint density at radius 1 is 1.16 bits per heavy atom. The first-order valence-electron chi connectivity index (χ1n) is 11.1. The highest BCUT2D eigenvalue weighted by Crippen LogP contribution is 2.26. The van der Waals surface area contributed by atoms with Crippen molar-refractivity contribution < 1.29 is 12.4 Å². The van der Waals surface area contributed by atoms with E-state index in [0.717, 1.165) is 62.0 Å². The van der Waals surface area contributed by atoms with Gasteiger partial charge in [-0.3, -0.25) is 19.9 Å². The van der Waals surface area contributed by atoms with Crippen LogP contribution in [-0.4, -0.2) is 71.1 Å². The van der Waals surface area contributed by atoms with Crippen molar-refractivity contribution in [1.82, 2.24) is 25.2 Å². The van der Waals surface area contributed by atoms with Gasteiger partial charge in [-0.1, -0.05) is 0 Å². The molecule has 32 heavy (non-hydrogen) atoms. The first kappa shape index (κ1) is 21.9. The molecule has 4 rings (SSSR count). The van der Waals surface area contributed by atoms with Crippen molar-refractivity contribution in [3.05, 3.63) is 35.9 Å². The molecule has 0 aliphatic carbocycles. The molecule has 10 nitrogen and oxygen atoms in total. The molecule has 0 radical (unpaired) electrons. The number of hydrogen-bond donors (Lipinski definition) is 2. The van der Waals surface area contributed by atoms with Gasteiger partial charge in [-0.2, -0.15) is 0 Å². The number of piperazine rings is 1. The predicted octanol–water partition coefficient (Wildman–Crippen LogP) is 2.26. The van der Waals surface area contributed by atoms with Gasteiger partial charge in [0.2, 0.25) is 5.91 Å². The molecule has 3 amide bonds. The lowest BCUT2D eigenvalue weighted by molar-refractivity contribution is -0.117. The van der Waals surface area contributed by atoms with Crippen molar-refractivity contribution in [1.29, 1.82) is 0 Å². The summed E-state index contributed by atoms with van der Waals surface area (Å²) in [5.74, 6) is 1.42. The molecule has 0 spiro atoms. The van der Waals surface area contributed by atoms with Crippen LogP contribution in [0, 0.1) is 6.92 Å². The Morgan fingerprint density at radius 3 is 2.66 bits per heavy atom. The molecule has 0 unspecified atom stereocenters. The van der Waals surface area contributed by atoms with E-state index in [0.29, 0.717) is 25.3 Å². The van der Waals surface area contributed by atoms with E-state index in [2.05, 4.69) is 36.5 Å². The van der Waals surface area contributed by atoms with E-state index >= 15 is 0 Å². The quantitative estimate of drug-likeness (QED) is 0.707. The zero-order chi connectivity index (χ0) is 22.5. The fraction of sp³-hybridized carbons (Fsp3) is 0.500. The zero-order valence-electron chi connectivity index (χ0n) is 18.7. The Bertz CT molecular complexity index is 985. The van der Waals surface area contributed by atoms with Crippen molar-refractivity contribution in [3.8, 4) is 0 Å². The van der Waals surface area contributed by atoms with E-state index in [1.165, 1.54) is 6.33 Å². The number of carbonyl (C=O) groups excluding carboxylic acids is 2. The summed E-state index contributed by atoms with van der Waals surface area (Å²) in [6.45, 7) is 9.46. The molecule has 0 bridgehead atoms. The third-order valence-corrected chi connectivity index (χ3v) is 5.79. The first-order valence-corrected chi connectivity index (χ1v) is 11.1. The zero-order valence-corrected chi connectivity index (χ0v) is 18.7. The summed E-state index contributed by atoms with van der Waals surface area (Å²) in [5.41, 5.74) is 2.95. The molecule has 0 aromatic carbocycles. The maximum atomic E-state index is 12.0. The van der Waals surface area contributed by atoms with Crippen LogP contribution in [0.1, 0.15) is 34.0 Å². The monoisotopic (exact) mass is 442 g/mol. The lowest BCUT2D eigenvalue weighted by Gasteiger charge is -2.36. The number of aromatic nitrogens is 3. The van der Waals surface area contributed by atoms with Crippen LogP contribution in [0.3, 0.4) is 0 Å². The van der Waals surface area contributed by atoms with Crippen molar-refractivity contribution >= 4 is 29.3 Å². The van der Waals surface area contributed by atoms with Crippen LogP contribution in [0.15, 0.2) is 24.5 Å². The molecule has 2 N–H and O–H groups in total. The molecule has 2 saturated heterocycles. The van der Waals surface area contributed by atoms with Crippen LogP contribution in [0.5, 0.6) is 0 Å². The van der Waals surface area contributed by atoms with Crippen molar-refractivity contribution in [3.63, 3.8) is 0 Å². The molecule has 2 aliphatic rings. The highest BCUT2D eigenvalue weighted by molar-refractivity contribution is 5.94. The fourth-order valence-electron chi connectivity index (χ4n) is 4.16.